The Morgan fingerprint density at radius 2 is 2.00 bits per heavy atom. The van der Waals surface area contributed by atoms with Crippen LogP contribution in [0.5, 0.6) is 0 Å². The van der Waals surface area contributed by atoms with Crippen LogP contribution in [0.1, 0.15) is 60.2 Å². The molecule has 7 nitrogen and oxygen atoms in total. The standard InChI is InChI=1S/C18H25N3O4S/c1-11(2)21-18(23)14-8-7-12(9-16(14)26(21,24)25)17(22)20-15-6-4-3-5-13(15)10-19/h7-9,11,13,15H,3-6,10,19H2,1-2H3,(H,20,22). The highest BCUT2D eigenvalue weighted by atomic mass is 32.2. The first-order chi connectivity index (χ1) is 12.3. The fraction of sp³-hybridized carbons (Fsp3) is 0.556. The van der Waals surface area contributed by atoms with Gasteiger partial charge in [0.2, 0.25) is 0 Å². The molecule has 8 heteroatoms. The molecule has 1 aromatic rings. The van der Waals surface area contributed by atoms with Crippen molar-refractivity contribution in [2.75, 3.05) is 6.54 Å². The van der Waals surface area contributed by atoms with Gasteiger partial charge in [-0.05, 0) is 57.4 Å². The Hall–Kier alpha value is -1.93. The Kier molecular flexibility index (Phi) is 5.07. The highest BCUT2D eigenvalue weighted by Crippen LogP contribution is 2.32. The third kappa shape index (κ3) is 3.12. The molecule has 1 heterocycles. The summed E-state index contributed by atoms with van der Waals surface area (Å²) in [5.74, 6) is -0.634. The number of benzene rings is 1. The molecular formula is C18H25N3O4S. The Labute approximate surface area is 154 Å². The van der Waals surface area contributed by atoms with Gasteiger partial charge in [0.15, 0.2) is 0 Å². The number of carbonyl (C=O) groups is 2. The number of carbonyl (C=O) groups excluding carboxylic acids is 2. The minimum Gasteiger partial charge on any atom is -0.349 e. The van der Waals surface area contributed by atoms with E-state index in [1.165, 1.54) is 18.2 Å². The van der Waals surface area contributed by atoms with Crippen LogP contribution in [0.15, 0.2) is 23.1 Å². The predicted molar refractivity (Wildman–Crippen MR) is 97.2 cm³/mol. The molecular weight excluding hydrogens is 354 g/mol. The predicted octanol–water partition coefficient (Wildman–Crippen LogP) is 1.49. The van der Waals surface area contributed by atoms with Crippen molar-refractivity contribution in [3.05, 3.63) is 29.3 Å². The number of hydrogen-bond acceptors (Lipinski definition) is 5. The van der Waals surface area contributed by atoms with E-state index < -0.39 is 22.0 Å². The third-order valence-electron chi connectivity index (χ3n) is 5.21. The van der Waals surface area contributed by atoms with Crippen LogP contribution >= 0.6 is 0 Å². The second-order valence-electron chi connectivity index (χ2n) is 7.27. The van der Waals surface area contributed by atoms with Crippen molar-refractivity contribution in [1.29, 1.82) is 0 Å². The van der Waals surface area contributed by atoms with E-state index in [0.717, 1.165) is 30.0 Å². The number of sulfonamides is 1. The summed E-state index contributed by atoms with van der Waals surface area (Å²) < 4.78 is 26.2. The normalized spacial score (nSPS) is 24.6. The number of rotatable bonds is 4. The molecule has 3 rings (SSSR count). The Bertz CT molecular complexity index is 835. The van der Waals surface area contributed by atoms with Crippen molar-refractivity contribution in [2.24, 2.45) is 11.7 Å². The van der Waals surface area contributed by atoms with E-state index in [0.29, 0.717) is 6.54 Å². The first-order valence-corrected chi connectivity index (χ1v) is 10.4. The van der Waals surface area contributed by atoms with Gasteiger partial charge in [-0.2, -0.15) is 0 Å². The first kappa shape index (κ1) is 18.8. The fourth-order valence-corrected chi connectivity index (χ4v) is 5.62. The summed E-state index contributed by atoms with van der Waals surface area (Å²) in [6, 6.07) is 3.75. The van der Waals surface area contributed by atoms with E-state index in [1.807, 2.05) is 0 Å². The summed E-state index contributed by atoms with van der Waals surface area (Å²) in [6.07, 6.45) is 4.00. The van der Waals surface area contributed by atoms with E-state index in [1.54, 1.807) is 13.8 Å². The summed E-state index contributed by atoms with van der Waals surface area (Å²) in [4.78, 5) is 24.9. The summed E-state index contributed by atoms with van der Waals surface area (Å²) in [6.45, 7) is 3.80. The van der Waals surface area contributed by atoms with Gasteiger partial charge in [0.25, 0.3) is 21.8 Å². The maximum absolute atomic E-state index is 12.7. The minimum atomic E-state index is -3.92. The van der Waals surface area contributed by atoms with E-state index >= 15 is 0 Å². The maximum Gasteiger partial charge on any atom is 0.269 e. The number of hydrogen-bond donors (Lipinski definition) is 2. The zero-order chi connectivity index (χ0) is 19.1. The molecule has 1 aliphatic heterocycles. The monoisotopic (exact) mass is 379 g/mol. The Balaban J connectivity index is 1.87. The van der Waals surface area contributed by atoms with Crippen LogP contribution in [0, 0.1) is 5.92 Å². The lowest BCUT2D eigenvalue weighted by Crippen LogP contribution is -2.44. The van der Waals surface area contributed by atoms with Gasteiger partial charge in [0, 0.05) is 17.6 Å². The largest absolute Gasteiger partial charge is 0.349 e. The molecule has 2 aliphatic rings. The van der Waals surface area contributed by atoms with Crippen LogP contribution in [-0.2, 0) is 10.0 Å². The summed E-state index contributed by atoms with van der Waals surface area (Å²) >= 11 is 0. The number of nitrogens with one attached hydrogen (secondary N) is 1. The molecule has 2 amide bonds. The van der Waals surface area contributed by atoms with Crippen molar-refractivity contribution < 1.29 is 18.0 Å². The number of fused-ring (bicyclic) bond motifs is 1. The van der Waals surface area contributed by atoms with Crippen molar-refractivity contribution in [3.8, 4) is 0 Å². The zero-order valence-electron chi connectivity index (χ0n) is 15.1. The average Bonchev–Trinajstić information content (AvgIpc) is 2.81. The molecule has 0 aromatic heterocycles. The van der Waals surface area contributed by atoms with Crippen molar-refractivity contribution in [1.82, 2.24) is 9.62 Å². The van der Waals surface area contributed by atoms with Crippen LogP contribution < -0.4 is 11.1 Å². The molecule has 0 spiro atoms. The fourth-order valence-electron chi connectivity index (χ4n) is 3.83. The SMILES string of the molecule is CC(C)N1C(=O)c2ccc(C(=O)NC3CCCCC3CN)cc2S1(=O)=O. The molecule has 26 heavy (non-hydrogen) atoms. The van der Waals surface area contributed by atoms with Gasteiger partial charge in [0.05, 0.1) is 5.56 Å². The molecule has 2 atom stereocenters. The van der Waals surface area contributed by atoms with Crippen LogP contribution in [0.2, 0.25) is 0 Å². The van der Waals surface area contributed by atoms with Gasteiger partial charge in [-0.25, -0.2) is 12.7 Å². The summed E-state index contributed by atoms with van der Waals surface area (Å²) in [5.41, 5.74) is 6.16. The Morgan fingerprint density at radius 1 is 1.31 bits per heavy atom. The van der Waals surface area contributed by atoms with Crippen molar-refractivity contribution >= 4 is 21.8 Å². The number of nitrogens with two attached hydrogens (primary N) is 1. The molecule has 1 saturated carbocycles. The highest BCUT2D eigenvalue weighted by molar-refractivity contribution is 7.90. The zero-order valence-corrected chi connectivity index (χ0v) is 15.9. The van der Waals surface area contributed by atoms with E-state index in [4.69, 9.17) is 5.73 Å². The number of nitrogens with zero attached hydrogens (tertiary/aromatic N) is 1. The van der Waals surface area contributed by atoms with E-state index in [-0.39, 0.29) is 33.9 Å². The van der Waals surface area contributed by atoms with Gasteiger partial charge in [-0.15, -0.1) is 0 Å². The molecule has 1 aliphatic carbocycles. The summed E-state index contributed by atoms with van der Waals surface area (Å²) in [5, 5.41) is 2.99. The topological polar surface area (TPSA) is 110 Å². The van der Waals surface area contributed by atoms with E-state index in [2.05, 4.69) is 5.32 Å². The van der Waals surface area contributed by atoms with Crippen LogP contribution in [0.3, 0.4) is 0 Å². The second-order valence-corrected chi connectivity index (χ2v) is 9.05. The molecule has 142 valence electrons. The molecule has 0 saturated heterocycles. The molecule has 0 bridgehead atoms. The minimum absolute atomic E-state index is 0.0000869. The molecule has 0 radical (unpaired) electrons. The smallest absolute Gasteiger partial charge is 0.269 e. The highest BCUT2D eigenvalue weighted by Gasteiger charge is 2.43. The molecule has 1 aromatic carbocycles. The third-order valence-corrected chi connectivity index (χ3v) is 7.21. The quantitative estimate of drug-likeness (QED) is 0.824. The van der Waals surface area contributed by atoms with Gasteiger partial charge in [-0.1, -0.05) is 12.8 Å². The first-order valence-electron chi connectivity index (χ1n) is 9.01. The van der Waals surface area contributed by atoms with Crippen molar-refractivity contribution in [3.63, 3.8) is 0 Å². The van der Waals surface area contributed by atoms with Crippen LogP contribution in [0.25, 0.3) is 0 Å². The average molecular weight is 379 g/mol. The van der Waals surface area contributed by atoms with E-state index in [9.17, 15) is 18.0 Å². The molecule has 2 unspecified atom stereocenters. The molecule has 3 N–H and O–H groups in total. The maximum atomic E-state index is 12.7. The molecule has 1 fully saturated rings. The lowest BCUT2D eigenvalue weighted by atomic mass is 9.84. The van der Waals surface area contributed by atoms with Crippen LogP contribution in [0.4, 0.5) is 0 Å². The Morgan fingerprint density at radius 3 is 2.65 bits per heavy atom. The van der Waals surface area contributed by atoms with Crippen LogP contribution in [-0.4, -0.2) is 43.2 Å². The van der Waals surface area contributed by atoms with Gasteiger partial charge in [0.1, 0.15) is 4.90 Å². The van der Waals surface area contributed by atoms with Gasteiger partial charge < -0.3 is 11.1 Å². The van der Waals surface area contributed by atoms with Gasteiger partial charge >= 0.3 is 0 Å². The lowest BCUT2D eigenvalue weighted by Gasteiger charge is -2.31. The lowest BCUT2D eigenvalue weighted by molar-refractivity contribution is 0.0844. The van der Waals surface area contributed by atoms with Gasteiger partial charge in [-0.3, -0.25) is 9.59 Å². The number of amides is 2. The van der Waals surface area contributed by atoms with Crippen molar-refractivity contribution in [2.45, 2.75) is 56.5 Å². The summed E-state index contributed by atoms with van der Waals surface area (Å²) in [7, 11) is -3.92. The second kappa shape index (κ2) is 7.00.